The normalized spacial score (nSPS) is 10.5. The molecule has 0 radical (unpaired) electrons. The molecule has 0 fully saturated rings. The van der Waals surface area contributed by atoms with Crippen molar-refractivity contribution >= 4 is 29.6 Å². The molecule has 2 aromatic rings. The van der Waals surface area contributed by atoms with Gasteiger partial charge < -0.3 is 9.84 Å². The van der Waals surface area contributed by atoms with E-state index in [1.165, 1.54) is 6.21 Å². The fraction of sp³-hybridized carbons (Fsp3) is 0.0769. The molecule has 7 nitrogen and oxygen atoms in total. The molecule has 1 aromatic carbocycles. The third kappa shape index (κ3) is 4.73. The quantitative estimate of drug-likeness (QED) is 0.626. The fourth-order valence-corrected chi connectivity index (χ4v) is 1.50. The maximum absolute atomic E-state index is 10.5. The molecule has 0 spiro atoms. The predicted octanol–water partition coefficient (Wildman–Crippen LogP) is 2.04. The Morgan fingerprint density at radius 1 is 1.33 bits per heavy atom. The van der Waals surface area contributed by atoms with Gasteiger partial charge in [-0.25, -0.2) is 4.79 Å². The third-order valence-corrected chi connectivity index (χ3v) is 2.49. The van der Waals surface area contributed by atoms with Gasteiger partial charge in [0.05, 0.1) is 6.21 Å². The molecule has 0 saturated heterocycles. The Balaban J connectivity index is 2.03. The van der Waals surface area contributed by atoms with E-state index in [2.05, 4.69) is 20.7 Å². The molecule has 8 heteroatoms. The Labute approximate surface area is 125 Å². The molecule has 1 heterocycles. The van der Waals surface area contributed by atoms with Crippen molar-refractivity contribution in [3.05, 3.63) is 47.1 Å². The van der Waals surface area contributed by atoms with Crippen LogP contribution in [-0.2, 0) is 4.79 Å². The molecule has 0 aliphatic heterocycles. The van der Waals surface area contributed by atoms with Crippen LogP contribution < -0.4 is 10.2 Å². The number of carboxylic acid groups (broad SMARTS) is 1. The second-order valence-corrected chi connectivity index (χ2v) is 4.22. The van der Waals surface area contributed by atoms with Crippen molar-refractivity contribution in [3.8, 4) is 5.75 Å². The lowest BCUT2D eigenvalue weighted by atomic mass is 10.2. The number of para-hydroxylation sites is 1. The molecular weight excluding hydrogens is 296 g/mol. The largest absolute Gasteiger partial charge is 0.481 e. The molecule has 0 bridgehead atoms. The first-order valence-electron chi connectivity index (χ1n) is 5.87. The minimum absolute atomic E-state index is 0.289. The van der Waals surface area contributed by atoms with Gasteiger partial charge in [-0.05, 0) is 24.3 Å². The zero-order chi connectivity index (χ0) is 15.1. The summed E-state index contributed by atoms with van der Waals surface area (Å²) in [6, 6.07) is 10.1. The van der Waals surface area contributed by atoms with Gasteiger partial charge in [-0.3, -0.25) is 5.43 Å². The van der Waals surface area contributed by atoms with Gasteiger partial charge in [-0.1, -0.05) is 23.7 Å². The molecule has 2 rings (SSSR count). The topological polar surface area (TPSA) is 96.7 Å². The number of nitrogens with zero attached hydrogens (tertiary/aromatic N) is 3. The number of halogens is 1. The number of ether oxygens (including phenoxy) is 1. The lowest BCUT2D eigenvalue weighted by Crippen LogP contribution is -2.10. The average molecular weight is 307 g/mol. The van der Waals surface area contributed by atoms with Gasteiger partial charge >= 0.3 is 5.97 Å². The van der Waals surface area contributed by atoms with Crippen LogP contribution in [0.2, 0.25) is 5.15 Å². The van der Waals surface area contributed by atoms with Crippen LogP contribution in [0.3, 0.4) is 0 Å². The average Bonchev–Trinajstić information content (AvgIpc) is 2.48. The van der Waals surface area contributed by atoms with Crippen LogP contribution in [0.5, 0.6) is 5.75 Å². The molecule has 0 atom stereocenters. The van der Waals surface area contributed by atoms with Crippen molar-refractivity contribution in [3.63, 3.8) is 0 Å². The van der Waals surface area contributed by atoms with Gasteiger partial charge in [0, 0.05) is 5.56 Å². The van der Waals surface area contributed by atoms with Crippen LogP contribution in [0.1, 0.15) is 5.56 Å². The summed E-state index contributed by atoms with van der Waals surface area (Å²) in [5.41, 5.74) is 3.31. The van der Waals surface area contributed by atoms with Gasteiger partial charge in [0.2, 0.25) is 0 Å². The number of rotatable bonds is 6. The minimum atomic E-state index is -1.05. The van der Waals surface area contributed by atoms with E-state index in [0.29, 0.717) is 17.1 Å². The summed E-state index contributed by atoms with van der Waals surface area (Å²) in [7, 11) is 0. The summed E-state index contributed by atoms with van der Waals surface area (Å²) >= 11 is 5.62. The minimum Gasteiger partial charge on any atom is -0.481 e. The Hall–Kier alpha value is -2.67. The van der Waals surface area contributed by atoms with Crippen LogP contribution in [0.15, 0.2) is 41.5 Å². The number of hydrogen-bond acceptors (Lipinski definition) is 6. The number of aliphatic carboxylic acids is 1. The maximum atomic E-state index is 10.5. The summed E-state index contributed by atoms with van der Waals surface area (Å²) < 4.78 is 5.15. The molecule has 0 amide bonds. The Morgan fingerprint density at radius 2 is 2.14 bits per heavy atom. The van der Waals surface area contributed by atoms with Gasteiger partial charge in [0.1, 0.15) is 5.75 Å². The van der Waals surface area contributed by atoms with Crippen molar-refractivity contribution in [2.75, 3.05) is 12.0 Å². The highest BCUT2D eigenvalue weighted by atomic mass is 35.5. The van der Waals surface area contributed by atoms with Gasteiger partial charge in [-0.2, -0.15) is 5.10 Å². The number of aromatic nitrogens is 2. The Kier molecular flexibility index (Phi) is 5.05. The lowest BCUT2D eigenvalue weighted by Gasteiger charge is -2.06. The zero-order valence-electron chi connectivity index (χ0n) is 10.7. The van der Waals surface area contributed by atoms with Crippen molar-refractivity contribution in [2.24, 2.45) is 5.10 Å². The summed E-state index contributed by atoms with van der Waals surface area (Å²) in [5.74, 6) is -0.191. The summed E-state index contributed by atoms with van der Waals surface area (Å²) in [6.07, 6.45) is 1.49. The molecular formula is C13H11ClN4O3. The van der Waals surface area contributed by atoms with Crippen molar-refractivity contribution in [1.29, 1.82) is 0 Å². The zero-order valence-corrected chi connectivity index (χ0v) is 11.5. The van der Waals surface area contributed by atoms with E-state index in [0.717, 1.165) is 0 Å². The number of hydrazone groups is 1. The number of benzene rings is 1. The van der Waals surface area contributed by atoms with Crippen LogP contribution in [0, 0.1) is 0 Å². The lowest BCUT2D eigenvalue weighted by molar-refractivity contribution is -0.139. The van der Waals surface area contributed by atoms with Crippen molar-refractivity contribution in [1.82, 2.24) is 10.2 Å². The van der Waals surface area contributed by atoms with Crippen molar-refractivity contribution < 1.29 is 14.6 Å². The van der Waals surface area contributed by atoms with Gasteiger partial charge in [0.25, 0.3) is 0 Å². The van der Waals surface area contributed by atoms with E-state index in [4.69, 9.17) is 21.4 Å². The number of carboxylic acids is 1. The van der Waals surface area contributed by atoms with E-state index < -0.39 is 12.6 Å². The SMILES string of the molecule is O=C(O)COc1ccccc1/C=N\Nc1ccc(Cl)nn1. The highest BCUT2D eigenvalue weighted by Gasteiger charge is 2.03. The number of nitrogens with one attached hydrogen (secondary N) is 1. The Morgan fingerprint density at radius 3 is 2.86 bits per heavy atom. The molecule has 0 aliphatic rings. The number of carbonyl (C=O) groups is 1. The highest BCUT2D eigenvalue weighted by molar-refractivity contribution is 6.29. The van der Waals surface area contributed by atoms with Gasteiger partial charge in [-0.15, -0.1) is 10.2 Å². The standard InChI is InChI=1S/C13H11ClN4O3/c14-11-5-6-12(18-16-11)17-15-7-9-3-1-2-4-10(9)21-8-13(19)20/h1-7H,8H2,(H,17,18)(H,19,20)/b15-7-. The van der Waals surface area contributed by atoms with Crippen LogP contribution >= 0.6 is 11.6 Å². The molecule has 0 saturated carbocycles. The van der Waals surface area contributed by atoms with Gasteiger partial charge in [0.15, 0.2) is 17.6 Å². The monoisotopic (exact) mass is 306 g/mol. The fourth-order valence-electron chi connectivity index (χ4n) is 1.40. The van der Waals surface area contributed by atoms with Crippen molar-refractivity contribution in [2.45, 2.75) is 0 Å². The smallest absolute Gasteiger partial charge is 0.341 e. The summed E-state index contributed by atoms with van der Waals surface area (Å²) in [6.45, 7) is -0.416. The van der Waals surface area contributed by atoms with E-state index >= 15 is 0 Å². The second-order valence-electron chi connectivity index (χ2n) is 3.83. The number of hydrogen-bond donors (Lipinski definition) is 2. The second kappa shape index (κ2) is 7.20. The summed E-state index contributed by atoms with van der Waals surface area (Å²) in [5, 5.41) is 20.3. The highest BCUT2D eigenvalue weighted by Crippen LogP contribution is 2.15. The molecule has 108 valence electrons. The first kappa shape index (κ1) is 14.7. The van der Waals surface area contributed by atoms with E-state index in [1.54, 1.807) is 36.4 Å². The maximum Gasteiger partial charge on any atom is 0.341 e. The molecule has 0 aliphatic carbocycles. The molecule has 21 heavy (non-hydrogen) atoms. The molecule has 1 aromatic heterocycles. The first-order chi connectivity index (χ1) is 10.1. The number of anilines is 1. The predicted molar refractivity (Wildman–Crippen MR) is 77.8 cm³/mol. The van der Waals surface area contributed by atoms with Crippen LogP contribution in [0.4, 0.5) is 5.82 Å². The van der Waals surface area contributed by atoms with E-state index in [1.807, 2.05) is 0 Å². The molecule has 2 N–H and O–H groups in total. The van der Waals surface area contributed by atoms with E-state index in [-0.39, 0.29) is 5.15 Å². The third-order valence-electron chi connectivity index (χ3n) is 2.28. The molecule has 0 unspecified atom stereocenters. The summed E-state index contributed by atoms with van der Waals surface area (Å²) in [4.78, 5) is 10.5. The van der Waals surface area contributed by atoms with E-state index in [9.17, 15) is 4.79 Å². The van der Waals surface area contributed by atoms with Crippen LogP contribution in [0.25, 0.3) is 0 Å². The Bertz CT molecular complexity index is 646. The van der Waals surface area contributed by atoms with Crippen LogP contribution in [-0.4, -0.2) is 34.1 Å². The first-order valence-corrected chi connectivity index (χ1v) is 6.25.